The number of aliphatic hydroxyl groups excluding tert-OH is 1. The molecule has 11 heteroatoms. The third-order valence-electron chi connectivity index (χ3n) is 6.53. The Bertz CT molecular complexity index is 1050. The van der Waals surface area contributed by atoms with Crippen LogP contribution in [0.2, 0.25) is 0 Å². The number of halogens is 7. The fourth-order valence-electron chi connectivity index (χ4n) is 4.47. The Labute approximate surface area is 197 Å². The van der Waals surface area contributed by atoms with Crippen molar-refractivity contribution in [1.29, 1.82) is 0 Å². The average molecular weight is 506 g/mol. The molecule has 0 bridgehead atoms. The lowest BCUT2D eigenvalue weighted by molar-refractivity contribution is -0.143. The second-order valence-electron chi connectivity index (χ2n) is 8.78. The molecule has 2 amide bonds. The quantitative estimate of drug-likeness (QED) is 0.492. The SMILES string of the molecule is Cc1cc(F)ccc1C1[C@@H](CO)CCN1C(=O)N(C)C(C)c1cc(C(F)(F)F)cc(C(F)(F)F)c1. The summed E-state index contributed by atoms with van der Waals surface area (Å²) in [5.74, 6) is -0.837. The van der Waals surface area contributed by atoms with Crippen molar-refractivity contribution in [3.05, 3.63) is 70.0 Å². The van der Waals surface area contributed by atoms with Gasteiger partial charge < -0.3 is 14.9 Å². The van der Waals surface area contributed by atoms with Gasteiger partial charge >= 0.3 is 18.4 Å². The molecule has 0 spiro atoms. The summed E-state index contributed by atoms with van der Waals surface area (Å²) in [6.07, 6.45) is -9.59. The number of benzene rings is 2. The predicted octanol–water partition coefficient (Wildman–Crippen LogP) is 6.34. The van der Waals surface area contributed by atoms with Crippen LogP contribution in [0.5, 0.6) is 0 Å². The highest BCUT2D eigenvalue weighted by molar-refractivity contribution is 5.76. The van der Waals surface area contributed by atoms with Gasteiger partial charge in [-0.25, -0.2) is 9.18 Å². The van der Waals surface area contributed by atoms with E-state index in [4.69, 9.17) is 0 Å². The van der Waals surface area contributed by atoms with Crippen LogP contribution in [0.25, 0.3) is 0 Å². The minimum Gasteiger partial charge on any atom is -0.396 e. The number of aryl methyl sites for hydroxylation is 1. The summed E-state index contributed by atoms with van der Waals surface area (Å²) in [7, 11) is 1.29. The maximum absolute atomic E-state index is 13.6. The second kappa shape index (κ2) is 9.67. The third kappa shape index (κ3) is 5.55. The monoisotopic (exact) mass is 506 g/mol. The number of carbonyl (C=O) groups excluding carboxylic acids is 1. The summed E-state index contributed by atoms with van der Waals surface area (Å²) in [5.41, 5.74) is -2.09. The van der Waals surface area contributed by atoms with Gasteiger partial charge in [0, 0.05) is 26.1 Å². The van der Waals surface area contributed by atoms with Crippen molar-refractivity contribution in [3.8, 4) is 0 Å². The van der Waals surface area contributed by atoms with Crippen molar-refractivity contribution in [3.63, 3.8) is 0 Å². The van der Waals surface area contributed by atoms with Gasteiger partial charge in [0.1, 0.15) is 5.82 Å². The van der Waals surface area contributed by atoms with Crippen molar-refractivity contribution >= 4 is 6.03 Å². The Morgan fingerprint density at radius 2 is 1.66 bits per heavy atom. The number of carbonyl (C=O) groups is 1. The van der Waals surface area contributed by atoms with Gasteiger partial charge in [-0.2, -0.15) is 26.3 Å². The summed E-state index contributed by atoms with van der Waals surface area (Å²) in [5, 5.41) is 9.84. The van der Waals surface area contributed by atoms with Gasteiger partial charge in [-0.15, -0.1) is 0 Å². The maximum Gasteiger partial charge on any atom is 0.416 e. The number of nitrogens with zero attached hydrogens (tertiary/aromatic N) is 2. The van der Waals surface area contributed by atoms with Crippen LogP contribution < -0.4 is 0 Å². The van der Waals surface area contributed by atoms with Gasteiger partial charge in [0.05, 0.1) is 23.2 Å². The van der Waals surface area contributed by atoms with Crippen LogP contribution in [0.3, 0.4) is 0 Å². The van der Waals surface area contributed by atoms with Crippen LogP contribution in [0.1, 0.15) is 53.2 Å². The van der Waals surface area contributed by atoms with E-state index >= 15 is 0 Å². The molecule has 1 N–H and O–H groups in total. The average Bonchev–Trinajstić information content (AvgIpc) is 3.19. The normalized spacial score (nSPS) is 19.7. The van der Waals surface area contributed by atoms with Crippen LogP contribution in [0.15, 0.2) is 36.4 Å². The van der Waals surface area contributed by atoms with Gasteiger partial charge in [0.15, 0.2) is 0 Å². The molecule has 35 heavy (non-hydrogen) atoms. The van der Waals surface area contributed by atoms with E-state index in [1.54, 1.807) is 6.92 Å². The molecule has 1 heterocycles. The maximum atomic E-state index is 13.6. The summed E-state index contributed by atoms with van der Waals surface area (Å²) < 4.78 is 93.3. The standard InChI is InChI=1S/C24H25F7N2O2/c1-13-8-19(25)4-5-20(13)21-15(12-34)6-7-33(21)22(35)32(3)14(2)16-9-17(23(26,27)28)11-18(10-16)24(29,30)31/h4-5,8-11,14-15,21,34H,6-7,12H2,1-3H3/t14?,15-,21?/m1/s1. The summed E-state index contributed by atoms with van der Waals surface area (Å²) in [6.45, 7) is 2.94. The Morgan fingerprint density at radius 3 is 2.14 bits per heavy atom. The lowest BCUT2D eigenvalue weighted by Crippen LogP contribution is -2.43. The molecule has 1 saturated heterocycles. The Balaban J connectivity index is 1.96. The molecule has 192 valence electrons. The van der Waals surface area contributed by atoms with E-state index < -0.39 is 47.4 Å². The molecular weight excluding hydrogens is 481 g/mol. The van der Waals surface area contributed by atoms with E-state index in [2.05, 4.69) is 0 Å². The molecule has 1 fully saturated rings. The molecule has 3 rings (SSSR count). The van der Waals surface area contributed by atoms with Gasteiger partial charge in [-0.3, -0.25) is 0 Å². The number of amides is 2. The fourth-order valence-corrected chi connectivity index (χ4v) is 4.47. The van der Waals surface area contributed by atoms with Crippen molar-refractivity contribution < 1.29 is 40.6 Å². The predicted molar refractivity (Wildman–Crippen MR) is 114 cm³/mol. The molecule has 2 unspecified atom stereocenters. The van der Waals surface area contributed by atoms with Gasteiger partial charge in [0.2, 0.25) is 0 Å². The molecule has 0 aromatic heterocycles. The summed E-state index contributed by atoms with van der Waals surface area (Å²) in [6, 6.07) is 2.88. The topological polar surface area (TPSA) is 43.8 Å². The first kappa shape index (κ1) is 26.8. The molecule has 4 nitrogen and oxygen atoms in total. The lowest BCUT2D eigenvalue weighted by Gasteiger charge is -2.35. The Kier molecular flexibility index (Phi) is 7.40. The first-order valence-electron chi connectivity index (χ1n) is 10.8. The molecule has 1 aliphatic rings. The second-order valence-corrected chi connectivity index (χ2v) is 8.78. The summed E-state index contributed by atoms with van der Waals surface area (Å²) >= 11 is 0. The van der Waals surface area contributed by atoms with E-state index in [9.17, 15) is 40.6 Å². The number of hydrogen-bond acceptors (Lipinski definition) is 2. The highest BCUT2D eigenvalue weighted by atomic mass is 19.4. The van der Waals surface area contributed by atoms with Gasteiger partial charge in [-0.1, -0.05) is 6.07 Å². The first-order valence-corrected chi connectivity index (χ1v) is 10.8. The fraction of sp³-hybridized carbons (Fsp3) is 0.458. The number of urea groups is 1. The zero-order chi connectivity index (χ0) is 26.3. The smallest absolute Gasteiger partial charge is 0.396 e. The van der Waals surface area contributed by atoms with Crippen LogP contribution in [0.4, 0.5) is 35.5 Å². The Hall–Kier alpha value is -2.82. The molecular formula is C24H25F7N2O2. The van der Waals surface area contributed by atoms with E-state index in [1.165, 1.54) is 37.1 Å². The van der Waals surface area contributed by atoms with E-state index in [0.717, 1.165) is 4.90 Å². The molecule has 0 radical (unpaired) electrons. The van der Waals surface area contributed by atoms with E-state index in [1.807, 2.05) is 0 Å². The van der Waals surface area contributed by atoms with Gasteiger partial charge in [0.25, 0.3) is 0 Å². The van der Waals surface area contributed by atoms with Crippen LogP contribution in [-0.2, 0) is 12.4 Å². The molecule has 1 aliphatic heterocycles. The number of rotatable bonds is 4. The molecule has 2 aromatic carbocycles. The molecule has 0 saturated carbocycles. The highest BCUT2D eigenvalue weighted by Crippen LogP contribution is 2.41. The van der Waals surface area contributed by atoms with Gasteiger partial charge in [-0.05, 0) is 67.3 Å². The number of alkyl halides is 6. The number of hydrogen-bond donors (Lipinski definition) is 1. The van der Waals surface area contributed by atoms with Crippen molar-refractivity contribution in [2.24, 2.45) is 5.92 Å². The van der Waals surface area contributed by atoms with Crippen LogP contribution in [-0.4, -0.2) is 41.1 Å². The highest BCUT2D eigenvalue weighted by Gasteiger charge is 2.41. The lowest BCUT2D eigenvalue weighted by atomic mass is 9.91. The molecule has 0 aliphatic carbocycles. The zero-order valence-electron chi connectivity index (χ0n) is 19.2. The first-order chi connectivity index (χ1) is 16.1. The largest absolute Gasteiger partial charge is 0.416 e. The zero-order valence-corrected chi connectivity index (χ0v) is 19.2. The van der Waals surface area contributed by atoms with E-state index in [-0.39, 0.29) is 30.7 Å². The number of aliphatic hydroxyl groups is 1. The minimum atomic E-state index is -5.01. The van der Waals surface area contributed by atoms with Crippen molar-refractivity contribution in [2.75, 3.05) is 20.2 Å². The number of likely N-dealkylation sites (tertiary alicyclic amines) is 1. The minimum absolute atomic E-state index is 0.0394. The molecule has 3 atom stereocenters. The van der Waals surface area contributed by atoms with Crippen molar-refractivity contribution in [2.45, 2.75) is 44.7 Å². The third-order valence-corrected chi connectivity index (χ3v) is 6.53. The van der Waals surface area contributed by atoms with Crippen LogP contribution >= 0.6 is 0 Å². The molecule has 2 aromatic rings. The summed E-state index contributed by atoms with van der Waals surface area (Å²) in [4.78, 5) is 15.9. The van der Waals surface area contributed by atoms with E-state index in [0.29, 0.717) is 29.7 Å². The van der Waals surface area contributed by atoms with Crippen molar-refractivity contribution in [1.82, 2.24) is 9.80 Å². The Morgan fingerprint density at radius 1 is 1.09 bits per heavy atom. The van der Waals surface area contributed by atoms with Crippen LogP contribution in [0, 0.1) is 18.7 Å².